The molecular weight excluding hydrogens is 228 g/mol. The Balaban J connectivity index is 4.21. The van der Waals surface area contributed by atoms with Gasteiger partial charge in [-0.1, -0.05) is 24.0 Å². The van der Waals surface area contributed by atoms with Crippen LogP contribution >= 0.6 is 35.7 Å². The Kier molecular flexibility index (Phi) is 5.95. The van der Waals surface area contributed by atoms with E-state index in [1.807, 2.05) is 6.26 Å². The van der Waals surface area contributed by atoms with Crippen molar-refractivity contribution >= 4 is 45.2 Å². The molecule has 0 aromatic carbocycles. The van der Waals surface area contributed by atoms with Crippen molar-refractivity contribution in [2.45, 2.75) is 18.6 Å². The van der Waals surface area contributed by atoms with E-state index in [2.05, 4.69) is 9.78 Å². The van der Waals surface area contributed by atoms with Gasteiger partial charge in [-0.2, -0.15) is 4.89 Å². The molecule has 0 amide bonds. The maximum atomic E-state index is 11.3. The van der Waals surface area contributed by atoms with E-state index < -0.39 is 10.7 Å². The Morgan fingerprint density at radius 2 is 2.00 bits per heavy atom. The minimum Gasteiger partial charge on any atom is -0.297 e. The highest BCUT2D eigenvalue weighted by atomic mass is 32.2. The van der Waals surface area contributed by atoms with Crippen LogP contribution in [0.25, 0.3) is 0 Å². The van der Waals surface area contributed by atoms with Gasteiger partial charge in [0.25, 0.3) is 0 Å². The van der Waals surface area contributed by atoms with Crippen LogP contribution in [0, 0.1) is 0 Å². The summed E-state index contributed by atoms with van der Waals surface area (Å²) in [6.45, 7) is 3.48. The molecule has 0 aliphatic heterocycles. The second-order valence-corrected chi connectivity index (χ2v) is 6.24. The molecule has 0 spiro atoms. The third-order valence-corrected chi connectivity index (χ3v) is 3.83. The van der Waals surface area contributed by atoms with Crippen molar-refractivity contribution < 1.29 is 14.6 Å². The average molecular weight is 240 g/mol. The van der Waals surface area contributed by atoms with Gasteiger partial charge in [0, 0.05) is 0 Å². The lowest BCUT2D eigenvalue weighted by Gasteiger charge is -2.19. The molecule has 0 heterocycles. The van der Waals surface area contributed by atoms with Crippen molar-refractivity contribution in [3.05, 3.63) is 0 Å². The molecule has 0 rings (SSSR count). The van der Waals surface area contributed by atoms with Gasteiger partial charge in [-0.15, -0.1) is 11.8 Å². The molecule has 3 nitrogen and oxygen atoms in total. The maximum absolute atomic E-state index is 11.3. The van der Waals surface area contributed by atoms with Crippen molar-refractivity contribution in [3.8, 4) is 0 Å². The normalized spacial score (nSPS) is 11.1. The van der Waals surface area contributed by atoms with Crippen LogP contribution in [0.15, 0.2) is 0 Å². The molecule has 0 saturated heterocycles. The minimum absolute atomic E-state index is 0.434. The van der Waals surface area contributed by atoms with Crippen molar-refractivity contribution in [2.75, 3.05) is 13.4 Å². The fourth-order valence-electron chi connectivity index (χ4n) is 0.468. The van der Waals surface area contributed by atoms with E-state index in [-0.39, 0.29) is 0 Å². The predicted octanol–water partition coefficient (Wildman–Crippen LogP) is 2.25. The van der Waals surface area contributed by atoms with Crippen LogP contribution in [-0.4, -0.2) is 27.6 Å². The average Bonchev–Trinajstić information content (AvgIpc) is 2.04. The van der Waals surface area contributed by atoms with Crippen LogP contribution < -0.4 is 0 Å². The van der Waals surface area contributed by atoms with Gasteiger partial charge in [-0.25, -0.2) is 4.79 Å². The Bertz CT molecular complexity index is 203. The Labute approximate surface area is 91.9 Å². The smallest absolute Gasteiger partial charge is 0.297 e. The standard InChI is InChI=1S/C7H12O3S3/c1-7(2,5(8)10-9-3)13-6(11)12-4/h1-4H3. The van der Waals surface area contributed by atoms with Gasteiger partial charge in [-0.05, 0) is 20.1 Å². The van der Waals surface area contributed by atoms with Gasteiger partial charge in [0.05, 0.1) is 7.11 Å². The van der Waals surface area contributed by atoms with E-state index in [4.69, 9.17) is 12.2 Å². The van der Waals surface area contributed by atoms with E-state index in [1.165, 1.54) is 30.6 Å². The van der Waals surface area contributed by atoms with E-state index in [9.17, 15) is 4.79 Å². The fraction of sp³-hybridized carbons (Fsp3) is 0.714. The van der Waals surface area contributed by atoms with Gasteiger partial charge < -0.3 is 0 Å². The zero-order valence-corrected chi connectivity index (χ0v) is 10.4. The van der Waals surface area contributed by atoms with Gasteiger partial charge in [-0.3, -0.25) is 4.89 Å². The molecule has 0 aliphatic carbocycles. The highest BCUT2D eigenvalue weighted by Crippen LogP contribution is 2.30. The van der Waals surface area contributed by atoms with Gasteiger partial charge >= 0.3 is 5.97 Å². The minimum atomic E-state index is -0.698. The molecule has 76 valence electrons. The Morgan fingerprint density at radius 3 is 2.38 bits per heavy atom. The van der Waals surface area contributed by atoms with E-state index in [0.717, 1.165) is 0 Å². The molecule has 0 fully saturated rings. The molecule has 0 N–H and O–H groups in total. The zero-order chi connectivity index (χ0) is 10.5. The molecule has 0 aliphatic rings. The molecule has 0 saturated carbocycles. The molecule has 0 atom stereocenters. The van der Waals surface area contributed by atoms with Crippen LogP contribution in [0.3, 0.4) is 0 Å². The number of thioether (sulfide) groups is 2. The lowest BCUT2D eigenvalue weighted by atomic mass is 10.2. The molecule has 0 bridgehead atoms. The molecule has 6 heteroatoms. The van der Waals surface area contributed by atoms with Crippen molar-refractivity contribution in [1.29, 1.82) is 0 Å². The molecule has 0 aromatic rings. The lowest BCUT2D eigenvalue weighted by Crippen LogP contribution is -2.30. The largest absolute Gasteiger partial charge is 0.358 e. The topological polar surface area (TPSA) is 35.5 Å². The molecule has 0 radical (unpaired) electrons. The number of carbonyl (C=O) groups excluding carboxylic acids is 1. The summed E-state index contributed by atoms with van der Waals surface area (Å²) < 4.78 is 0.00822. The third kappa shape index (κ3) is 4.85. The third-order valence-electron chi connectivity index (χ3n) is 1.16. The summed E-state index contributed by atoms with van der Waals surface area (Å²) in [7, 11) is 1.30. The van der Waals surface area contributed by atoms with Crippen molar-refractivity contribution in [2.24, 2.45) is 0 Å². The monoisotopic (exact) mass is 240 g/mol. The first kappa shape index (κ1) is 13.2. The highest BCUT2D eigenvalue weighted by molar-refractivity contribution is 8.47. The second-order valence-electron chi connectivity index (χ2n) is 2.60. The van der Waals surface area contributed by atoms with E-state index in [1.54, 1.807) is 13.8 Å². The van der Waals surface area contributed by atoms with E-state index >= 15 is 0 Å². The highest BCUT2D eigenvalue weighted by Gasteiger charge is 2.32. The molecular formula is C7H12O3S3. The SMILES string of the molecule is COOC(=O)C(C)(C)SC(=S)SC. The van der Waals surface area contributed by atoms with Crippen LogP contribution in [-0.2, 0) is 14.6 Å². The first-order chi connectivity index (χ1) is 5.94. The number of rotatable bonds is 3. The number of hydrogen-bond donors (Lipinski definition) is 0. The number of hydrogen-bond acceptors (Lipinski definition) is 6. The second kappa shape index (κ2) is 5.85. The number of carbonyl (C=O) groups is 1. The summed E-state index contributed by atoms with van der Waals surface area (Å²) in [6.07, 6.45) is 1.87. The first-order valence-electron chi connectivity index (χ1n) is 3.46. The first-order valence-corrected chi connectivity index (χ1v) is 5.91. The quantitative estimate of drug-likeness (QED) is 0.428. The maximum Gasteiger partial charge on any atom is 0.358 e. The number of thiocarbonyl (C=S) groups is 1. The summed E-state index contributed by atoms with van der Waals surface area (Å²) in [5.41, 5.74) is 0. The van der Waals surface area contributed by atoms with Crippen LogP contribution in [0.5, 0.6) is 0 Å². The van der Waals surface area contributed by atoms with Crippen molar-refractivity contribution in [3.63, 3.8) is 0 Å². The summed E-state index contributed by atoms with van der Waals surface area (Å²) in [6, 6.07) is 0. The lowest BCUT2D eigenvalue weighted by molar-refractivity contribution is -0.256. The molecule has 13 heavy (non-hydrogen) atoms. The van der Waals surface area contributed by atoms with Crippen LogP contribution in [0.2, 0.25) is 0 Å². The fourth-order valence-corrected chi connectivity index (χ4v) is 2.59. The molecule has 0 aromatic heterocycles. The predicted molar refractivity (Wildman–Crippen MR) is 60.9 cm³/mol. The summed E-state index contributed by atoms with van der Waals surface area (Å²) in [5.74, 6) is -0.434. The van der Waals surface area contributed by atoms with E-state index in [0.29, 0.717) is 3.53 Å². The van der Waals surface area contributed by atoms with Gasteiger partial charge in [0.15, 0.2) is 0 Å². The summed E-state index contributed by atoms with van der Waals surface area (Å²) >= 11 is 7.71. The summed E-state index contributed by atoms with van der Waals surface area (Å²) in [4.78, 5) is 20.0. The molecule has 0 unspecified atom stereocenters. The van der Waals surface area contributed by atoms with Crippen LogP contribution in [0.4, 0.5) is 0 Å². The van der Waals surface area contributed by atoms with Crippen LogP contribution in [0.1, 0.15) is 13.8 Å². The zero-order valence-electron chi connectivity index (χ0n) is 7.95. The van der Waals surface area contributed by atoms with Gasteiger partial charge in [0.1, 0.15) is 8.28 Å². The Morgan fingerprint density at radius 1 is 1.46 bits per heavy atom. The van der Waals surface area contributed by atoms with Gasteiger partial charge in [0.2, 0.25) is 0 Å². The summed E-state index contributed by atoms with van der Waals surface area (Å²) in [5, 5.41) is 0. The Hall–Kier alpha value is 0.220. The van der Waals surface area contributed by atoms with Crippen molar-refractivity contribution in [1.82, 2.24) is 0 Å².